The minimum atomic E-state index is -1.98. The van der Waals surface area contributed by atoms with Crippen LogP contribution in [0, 0.1) is 0 Å². The van der Waals surface area contributed by atoms with Crippen molar-refractivity contribution in [1.29, 1.82) is 0 Å². The number of hydrogen-bond donors (Lipinski definition) is 3. The fourth-order valence-corrected chi connectivity index (χ4v) is 3.21. The summed E-state index contributed by atoms with van der Waals surface area (Å²) < 4.78 is 0. The molecule has 0 amide bonds. The smallest absolute Gasteiger partial charge is 0.188 e. The molecule has 0 saturated heterocycles. The third-order valence-corrected chi connectivity index (χ3v) is 4.25. The van der Waals surface area contributed by atoms with Crippen LogP contribution in [0.2, 0.25) is 0 Å². The molecule has 1 fully saturated rings. The molecule has 2 rings (SSSR count). The highest BCUT2D eigenvalue weighted by atomic mass is 31.2. The molecular weight excluding hydrogens is 233 g/mol. The second kappa shape index (κ2) is 6.46. The quantitative estimate of drug-likeness (QED) is 0.723. The first kappa shape index (κ1) is 13.0. The third-order valence-electron chi connectivity index (χ3n) is 3.34. The van der Waals surface area contributed by atoms with Crippen LogP contribution in [0.25, 0.3) is 0 Å². The van der Waals surface area contributed by atoms with Crippen LogP contribution in [-0.2, 0) is 0 Å². The predicted octanol–water partition coefficient (Wildman–Crippen LogP) is 2.90. The van der Waals surface area contributed by atoms with Gasteiger partial charge in [-0.2, -0.15) is 0 Å². The zero-order valence-corrected chi connectivity index (χ0v) is 10.8. The fraction of sp³-hybridized carbons (Fsp3) is 0.538. The van der Waals surface area contributed by atoms with Crippen LogP contribution in [-0.4, -0.2) is 15.8 Å². The third kappa shape index (κ3) is 3.75. The second-order valence-electron chi connectivity index (χ2n) is 4.64. The molecule has 0 radical (unpaired) electrons. The van der Waals surface area contributed by atoms with Gasteiger partial charge in [0, 0.05) is 6.04 Å². The lowest BCUT2D eigenvalue weighted by Crippen LogP contribution is -2.33. The van der Waals surface area contributed by atoms with Gasteiger partial charge in [0.2, 0.25) is 0 Å². The Labute approximate surface area is 104 Å². The van der Waals surface area contributed by atoms with Gasteiger partial charge in [0.1, 0.15) is 5.78 Å². The summed E-state index contributed by atoms with van der Waals surface area (Å²) in [5.74, 6) is -0.311. The van der Waals surface area contributed by atoms with Crippen molar-refractivity contribution in [3.63, 3.8) is 0 Å². The summed E-state index contributed by atoms with van der Waals surface area (Å²) in [6.45, 7) is 0. The SMILES string of the molecule is OP(O)C(NC1CCCCC1)c1ccccc1. The molecule has 0 aliphatic heterocycles. The molecule has 1 aromatic rings. The molecule has 3 N–H and O–H groups in total. The zero-order valence-electron chi connectivity index (χ0n) is 9.92. The molecule has 0 aromatic heterocycles. The van der Waals surface area contributed by atoms with Gasteiger partial charge >= 0.3 is 0 Å². The van der Waals surface area contributed by atoms with Crippen molar-refractivity contribution in [3.05, 3.63) is 35.9 Å². The molecule has 1 saturated carbocycles. The Morgan fingerprint density at radius 2 is 1.71 bits per heavy atom. The van der Waals surface area contributed by atoms with E-state index in [0.29, 0.717) is 6.04 Å². The average Bonchev–Trinajstić information content (AvgIpc) is 2.38. The Balaban J connectivity index is 2.02. The maximum absolute atomic E-state index is 9.55. The van der Waals surface area contributed by atoms with Crippen LogP contribution >= 0.6 is 8.38 Å². The monoisotopic (exact) mass is 253 g/mol. The Morgan fingerprint density at radius 1 is 1.06 bits per heavy atom. The predicted molar refractivity (Wildman–Crippen MR) is 70.5 cm³/mol. The van der Waals surface area contributed by atoms with Crippen LogP contribution in [0.3, 0.4) is 0 Å². The van der Waals surface area contributed by atoms with Gasteiger partial charge in [-0.15, -0.1) is 0 Å². The summed E-state index contributed by atoms with van der Waals surface area (Å²) in [7, 11) is -1.98. The van der Waals surface area contributed by atoms with Crippen molar-refractivity contribution in [1.82, 2.24) is 5.32 Å². The van der Waals surface area contributed by atoms with Crippen molar-refractivity contribution >= 4 is 8.38 Å². The van der Waals surface area contributed by atoms with Crippen molar-refractivity contribution in [3.8, 4) is 0 Å². The highest BCUT2D eigenvalue weighted by Gasteiger charge is 2.24. The summed E-state index contributed by atoms with van der Waals surface area (Å²) in [6.07, 6.45) is 6.09. The van der Waals surface area contributed by atoms with E-state index in [2.05, 4.69) is 5.32 Å². The minimum absolute atomic E-state index is 0.311. The van der Waals surface area contributed by atoms with Crippen LogP contribution in [0.4, 0.5) is 0 Å². The van der Waals surface area contributed by atoms with E-state index in [1.54, 1.807) is 0 Å². The number of hydrogen-bond acceptors (Lipinski definition) is 3. The molecule has 0 spiro atoms. The van der Waals surface area contributed by atoms with Gasteiger partial charge in [-0.1, -0.05) is 49.6 Å². The molecular formula is C13H20NO2P. The Hall–Kier alpha value is -0.470. The maximum Gasteiger partial charge on any atom is 0.188 e. The largest absolute Gasteiger partial charge is 0.349 e. The van der Waals surface area contributed by atoms with Gasteiger partial charge in [-0.3, -0.25) is 5.32 Å². The van der Waals surface area contributed by atoms with E-state index in [9.17, 15) is 9.79 Å². The molecule has 1 aromatic carbocycles. The van der Waals surface area contributed by atoms with Gasteiger partial charge in [0.05, 0.1) is 0 Å². The van der Waals surface area contributed by atoms with Gasteiger partial charge in [0.25, 0.3) is 0 Å². The number of rotatable bonds is 4. The van der Waals surface area contributed by atoms with Crippen LogP contribution in [0.5, 0.6) is 0 Å². The van der Waals surface area contributed by atoms with Crippen molar-refractivity contribution < 1.29 is 9.79 Å². The molecule has 3 nitrogen and oxygen atoms in total. The highest BCUT2D eigenvalue weighted by Crippen LogP contribution is 2.42. The van der Waals surface area contributed by atoms with E-state index in [-0.39, 0.29) is 5.78 Å². The van der Waals surface area contributed by atoms with Crippen LogP contribution in [0.1, 0.15) is 43.5 Å². The zero-order chi connectivity index (χ0) is 12.1. The number of benzene rings is 1. The highest BCUT2D eigenvalue weighted by molar-refractivity contribution is 7.45. The van der Waals surface area contributed by atoms with Crippen LogP contribution in [0.15, 0.2) is 30.3 Å². The molecule has 17 heavy (non-hydrogen) atoms. The van der Waals surface area contributed by atoms with Gasteiger partial charge in [0.15, 0.2) is 8.38 Å². The number of nitrogens with one attached hydrogen (secondary N) is 1. The average molecular weight is 253 g/mol. The van der Waals surface area contributed by atoms with E-state index in [1.807, 2.05) is 30.3 Å². The lowest BCUT2D eigenvalue weighted by atomic mass is 9.95. The topological polar surface area (TPSA) is 52.5 Å². The first-order chi connectivity index (χ1) is 8.27. The molecule has 1 aliphatic carbocycles. The first-order valence-electron chi connectivity index (χ1n) is 6.25. The standard InChI is InChI=1S/C13H20NO2P/c15-17(16)13(11-7-3-1-4-8-11)14-12-9-5-2-6-10-12/h1,3-4,7-8,12-16H,2,5-6,9-10H2. The summed E-state index contributed by atoms with van der Waals surface area (Å²) >= 11 is 0. The summed E-state index contributed by atoms with van der Waals surface area (Å²) in [6, 6.07) is 10.1. The molecule has 1 aliphatic rings. The molecule has 0 heterocycles. The fourth-order valence-electron chi connectivity index (χ4n) is 2.42. The maximum atomic E-state index is 9.55. The van der Waals surface area contributed by atoms with E-state index < -0.39 is 8.38 Å². The summed E-state index contributed by atoms with van der Waals surface area (Å²) in [5.41, 5.74) is 0.967. The lowest BCUT2D eigenvalue weighted by Gasteiger charge is -2.29. The van der Waals surface area contributed by atoms with E-state index in [0.717, 1.165) is 18.4 Å². The van der Waals surface area contributed by atoms with Crippen LogP contribution < -0.4 is 5.32 Å². The minimum Gasteiger partial charge on any atom is -0.349 e. The normalized spacial score (nSPS) is 19.5. The van der Waals surface area contributed by atoms with Crippen molar-refractivity contribution in [2.24, 2.45) is 0 Å². The Kier molecular flexibility index (Phi) is 4.93. The van der Waals surface area contributed by atoms with E-state index in [4.69, 9.17) is 0 Å². The molecule has 94 valence electrons. The Morgan fingerprint density at radius 3 is 2.29 bits per heavy atom. The first-order valence-corrected chi connectivity index (χ1v) is 7.57. The van der Waals surface area contributed by atoms with Crippen molar-refractivity contribution in [2.75, 3.05) is 0 Å². The Bertz CT molecular complexity index is 325. The molecule has 1 unspecified atom stereocenters. The van der Waals surface area contributed by atoms with Gasteiger partial charge in [-0.25, -0.2) is 0 Å². The summed E-state index contributed by atoms with van der Waals surface area (Å²) in [4.78, 5) is 19.1. The van der Waals surface area contributed by atoms with E-state index >= 15 is 0 Å². The molecule has 1 atom stereocenters. The van der Waals surface area contributed by atoms with Gasteiger partial charge < -0.3 is 9.79 Å². The molecule has 4 heteroatoms. The summed E-state index contributed by atoms with van der Waals surface area (Å²) in [5, 5.41) is 3.40. The lowest BCUT2D eigenvalue weighted by molar-refractivity contribution is 0.350. The van der Waals surface area contributed by atoms with Gasteiger partial charge in [-0.05, 0) is 18.4 Å². The second-order valence-corrected chi connectivity index (χ2v) is 5.79. The van der Waals surface area contributed by atoms with E-state index in [1.165, 1.54) is 19.3 Å². The molecule has 0 bridgehead atoms. The van der Waals surface area contributed by atoms with Crippen molar-refractivity contribution in [2.45, 2.75) is 43.9 Å².